The van der Waals surface area contributed by atoms with Crippen LogP contribution in [0.4, 0.5) is 18.6 Å². The summed E-state index contributed by atoms with van der Waals surface area (Å²) in [7, 11) is 1.24. The zero-order chi connectivity index (χ0) is 24.7. The number of nitrogens with zero attached hydrogens (tertiary/aromatic N) is 2. The number of methoxy groups -OCH3 is 1. The van der Waals surface area contributed by atoms with Crippen molar-refractivity contribution in [3.8, 4) is 11.6 Å². The van der Waals surface area contributed by atoms with Gasteiger partial charge < -0.3 is 30.5 Å². The molecule has 3 amide bonds. The third-order valence-electron chi connectivity index (χ3n) is 5.29. The molecule has 13 heteroatoms. The zero-order valence-electron chi connectivity index (χ0n) is 18.6. The molecule has 0 aliphatic carbocycles. The van der Waals surface area contributed by atoms with Gasteiger partial charge in [-0.2, -0.15) is 4.37 Å². The van der Waals surface area contributed by atoms with E-state index in [9.17, 15) is 23.5 Å². The fraction of sp³-hybridized carbons (Fsp3) is 0.476. The molecular formula is C21H27F2N5O5S. The van der Waals surface area contributed by atoms with E-state index in [4.69, 9.17) is 15.2 Å². The van der Waals surface area contributed by atoms with E-state index < -0.39 is 35.7 Å². The number of nitrogens with two attached hydrogens (primary N) is 1. The normalized spacial score (nSPS) is 15.8. The lowest BCUT2D eigenvalue weighted by molar-refractivity contribution is 0.0996. The number of rotatable bonds is 11. The number of halogens is 2. The van der Waals surface area contributed by atoms with Crippen molar-refractivity contribution in [3.05, 3.63) is 34.9 Å². The summed E-state index contributed by atoms with van der Waals surface area (Å²) in [5, 5.41) is 14.8. The molecule has 1 aliphatic heterocycles. The highest BCUT2D eigenvalue weighted by molar-refractivity contribution is 7.11. The van der Waals surface area contributed by atoms with Crippen molar-refractivity contribution in [2.75, 3.05) is 38.6 Å². The van der Waals surface area contributed by atoms with Crippen LogP contribution < -0.4 is 25.8 Å². The molecule has 1 aromatic heterocycles. The number of aromatic nitrogens is 1. The van der Waals surface area contributed by atoms with Crippen LogP contribution in [-0.4, -0.2) is 65.7 Å². The lowest BCUT2D eigenvalue weighted by atomic mass is 10.2. The average molecular weight is 500 g/mol. The summed E-state index contributed by atoms with van der Waals surface area (Å²) < 4.78 is 42.5. The molecule has 10 nitrogen and oxygen atoms in total. The van der Waals surface area contributed by atoms with Crippen LogP contribution in [0, 0.1) is 11.6 Å². The Balaban J connectivity index is 1.52. The molecule has 186 valence electrons. The largest absolute Gasteiger partial charge is 0.494 e. The zero-order valence-corrected chi connectivity index (χ0v) is 19.4. The number of hydrogen-bond donors (Lipinski definition) is 4. The summed E-state index contributed by atoms with van der Waals surface area (Å²) in [5.74, 6) is -3.11. The maximum atomic E-state index is 14.3. The van der Waals surface area contributed by atoms with E-state index in [0.717, 1.165) is 56.0 Å². The minimum absolute atomic E-state index is 0.0534. The van der Waals surface area contributed by atoms with Gasteiger partial charge in [0.2, 0.25) is 5.88 Å². The van der Waals surface area contributed by atoms with E-state index in [1.54, 1.807) is 0 Å². The SMILES string of the molecule is COc1ccc(F)c(COc2nsc(NC(=O)NCCCCN3CC[C@@H](O)C3)c2C(N)=O)c1F. The number of ether oxygens (including phenoxy) is 2. The Hall–Kier alpha value is -3.03. The van der Waals surface area contributed by atoms with Crippen LogP contribution in [0.5, 0.6) is 11.6 Å². The van der Waals surface area contributed by atoms with Crippen LogP contribution in [0.3, 0.4) is 0 Å². The third kappa shape index (κ3) is 6.52. The summed E-state index contributed by atoms with van der Waals surface area (Å²) in [6.45, 7) is 2.23. The van der Waals surface area contributed by atoms with Gasteiger partial charge in [-0.3, -0.25) is 10.1 Å². The van der Waals surface area contributed by atoms with Gasteiger partial charge in [0.1, 0.15) is 23.0 Å². The number of hydrogen-bond acceptors (Lipinski definition) is 8. The lowest BCUT2D eigenvalue weighted by Crippen LogP contribution is -2.31. The number of β-amino-alcohol motifs (C(OH)–C–C–N with tert-alkyl or cyclic N) is 1. The first kappa shape index (κ1) is 25.6. The Morgan fingerprint density at radius 3 is 2.82 bits per heavy atom. The fourth-order valence-corrected chi connectivity index (χ4v) is 4.24. The van der Waals surface area contributed by atoms with Gasteiger partial charge in [-0.25, -0.2) is 13.6 Å². The van der Waals surface area contributed by atoms with Crippen molar-refractivity contribution < 1.29 is 33.0 Å². The highest BCUT2D eigenvalue weighted by Gasteiger charge is 2.24. The number of anilines is 1. The number of urea groups is 1. The van der Waals surface area contributed by atoms with E-state index in [1.807, 2.05) is 0 Å². The van der Waals surface area contributed by atoms with Crippen molar-refractivity contribution in [2.24, 2.45) is 5.73 Å². The van der Waals surface area contributed by atoms with Crippen molar-refractivity contribution in [3.63, 3.8) is 0 Å². The molecule has 3 rings (SSSR count). The summed E-state index contributed by atoms with van der Waals surface area (Å²) in [6.07, 6.45) is 2.12. The standard InChI is InChI=1S/C21H27F2N5O5S/c1-32-15-5-4-14(22)13(17(15)23)11-33-19-16(18(24)30)20(34-27-19)26-21(31)25-7-2-3-8-28-9-6-12(29)10-28/h4-5,12,29H,2-3,6-11H2,1H3,(H2,24,30)(H2,25,26,31)/t12-/m1/s1. The van der Waals surface area contributed by atoms with Gasteiger partial charge in [-0.05, 0) is 49.5 Å². The topological polar surface area (TPSA) is 139 Å². The van der Waals surface area contributed by atoms with Crippen LogP contribution in [-0.2, 0) is 6.61 Å². The van der Waals surface area contributed by atoms with E-state index in [2.05, 4.69) is 19.9 Å². The molecule has 2 aromatic rings. The van der Waals surface area contributed by atoms with Gasteiger partial charge in [0, 0.05) is 19.6 Å². The van der Waals surface area contributed by atoms with Gasteiger partial charge in [-0.15, -0.1) is 0 Å². The Labute approximate surface area is 199 Å². The van der Waals surface area contributed by atoms with Gasteiger partial charge in [0.25, 0.3) is 5.91 Å². The number of primary amides is 1. The molecule has 1 aromatic carbocycles. The Bertz CT molecular complexity index is 1020. The lowest BCUT2D eigenvalue weighted by Gasteiger charge is -2.14. The number of amides is 3. The molecule has 0 unspecified atom stereocenters. The van der Waals surface area contributed by atoms with Crippen LogP contribution >= 0.6 is 11.5 Å². The second kappa shape index (κ2) is 11.9. The van der Waals surface area contributed by atoms with Crippen LogP contribution in [0.15, 0.2) is 12.1 Å². The van der Waals surface area contributed by atoms with Gasteiger partial charge in [-0.1, -0.05) is 0 Å². The molecule has 0 radical (unpaired) electrons. The van der Waals surface area contributed by atoms with Crippen LogP contribution in [0.1, 0.15) is 35.2 Å². The average Bonchev–Trinajstić information content (AvgIpc) is 3.39. The number of unbranched alkanes of at least 4 members (excludes halogenated alkanes) is 1. The van der Waals surface area contributed by atoms with Gasteiger partial charge in [0.05, 0.1) is 18.8 Å². The Morgan fingerprint density at radius 1 is 1.35 bits per heavy atom. The molecule has 0 spiro atoms. The van der Waals surface area contributed by atoms with Crippen LogP contribution in [0.2, 0.25) is 0 Å². The Morgan fingerprint density at radius 2 is 2.15 bits per heavy atom. The minimum Gasteiger partial charge on any atom is -0.494 e. The smallest absolute Gasteiger partial charge is 0.319 e. The Kier molecular flexibility index (Phi) is 8.96. The van der Waals surface area contributed by atoms with Crippen molar-refractivity contribution >= 4 is 28.5 Å². The molecule has 2 heterocycles. The van der Waals surface area contributed by atoms with Crippen LogP contribution in [0.25, 0.3) is 0 Å². The predicted molar refractivity (Wildman–Crippen MR) is 121 cm³/mol. The molecule has 5 N–H and O–H groups in total. The molecule has 1 atom stereocenters. The fourth-order valence-electron chi connectivity index (χ4n) is 3.51. The van der Waals surface area contributed by atoms with Crippen molar-refractivity contribution in [1.29, 1.82) is 0 Å². The number of aliphatic hydroxyl groups excluding tert-OH is 1. The number of carbonyl (C=O) groups is 2. The first-order valence-electron chi connectivity index (χ1n) is 10.7. The molecule has 0 saturated carbocycles. The first-order chi connectivity index (χ1) is 16.3. The second-order valence-corrected chi connectivity index (χ2v) is 8.49. The van der Waals surface area contributed by atoms with Crippen molar-refractivity contribution in [1.82, 2.24) is 14.6 Å². The monoisotopic (exact) mass is 499 g/mol. The molecular weight excluding hydrogens is 472 g/mol. The predicted octanol–water partition coefficient (Wildman–Crippen LogP) is 2.08. The maximum Gasteiger partial charge on any atom is 0.319 e. The van der Waals surface area contributed by atoms with E-state index in [-0.39, 0.29) is 28.3 Å². The first-order valence-corrected chi connectivity index (χ1v) is 11.5. The molecule has 0 bridgehead atoms. The molecule has 1 fully saturated rings. The van der Waals surface area contributed by atoms with Crippen molar-refractivity contribution in [2.45, 2.75) is 32.0 Å². The quantitative estimate of drug-likeness (QED) is 0.347. The highest BCUT2D eigenvalue weighted by atomic mass is 32.1. The van der Waals surface area contributed by atoms with E-state index in [1.165, 1.54) is 7.11 Å². The van der Waals surface area contributed by atoms with E-state index in [0.29, 0.717) is 13.1 Å². The van der Waals surface area contributed by atoms with Gasteiger partial charge >= 0.3 is 6.03 Å². The number of nitrogens with one attached hydrogen (secondary N) is 2. The van der Waals surface area contributed by atoms with Gasteiger partial charge in [0.15, 0.2) is 11.6 Å². The summed E-state index contributed by atoms with van der Waals surface area (Å²) in [6, 6.07) is 1.62. The number of benzene rings is 1. The minimum atomic E-state index is -0.933. The maximum absolute atomic E-state index is 14.3. The summed E-state index contributed by atoms with van der Waals surface area (Å²) in [5.41, 5.74) is 4.80. The number of likely N-dealkylation sites (tertiary alicyclic amines) is 1. The van der Waals surface area contributed by atoms with E-state index >= 15 is 0 Å². The summed E-state index contributed by atoms with van der Waals surface area (Å²) in [4.78, 5) is 26.3. The third-order valence-corrected chi connectivity index (χ3v) is 6.04. The molecule has 1 saturated heterocycles. The number of carbonyl (C=O) groups excluding carboxylic acids is 2. The molecule has 34 heavy (non-hydrogen) atoms. The number of aliphatic hydroxyl groups is 1. The second-order valence-electron chi connectivity index (χ2n) is 7.72. The highest BCUT2D eigenvalue weighted by Crippen LogP contribution is 2.31. The molecule has 1 aliphatic rings. The summed E-state index contributed by atoms with van der Waals surface area (Å²) >= 11 is 0.754.